The molecule has 0 radical (unpaired) electrons. The number of benzene rings is 2. The summed E-state index contributed by atoms with van der Waals surface area (Å²) in [7, 11) is 0. The fourth-order valence-electron chi connectivity index (χ4n) is 3.09. The number of nitro benzene ring substituents is 1. The molecule has 0 fully saturated rings. The van der Waals surface area contributed by atoms with Gasteiger partial charge in [-0.3, -0.25) is 14.9 Å². The summed E-state index contributed by atoms with van der Waals surface area (Å²) in [5.74, 6) is -0.537. The molecule has 1 N–H and O–H groups in total. The fourth-order valence-corrected chi connectivity index (χ4v) is 3.09. The third kappa shape index (κ3) is 6.45. The van der Waals surface area contributed by atoms with Crippen LogP contribution in [0.4, 0.5) is 17.2 Å². The number of hydrogen-bond donors (Lipinski definition) is 1. The number of carbonyl (C=O) groups excluding carboxylic acids is 1. The first-order chi connectivity index (χ1) is 16.2. The van der Waals surface area contributed by atoms with Crippen LogP contribution in [0.5, 0.6) is 5.75 Å². The van der Waals surface area contributed by atoms with Crippen LogP contribution in [0.3, 0.4) is 0 Å². The lowest BCUT2D eigenvalue weighted by molar-refractivity contribution is -0.389. The van der Waals surface area contributed by atoms with Gasteiger partial charge in [0.1, 0.15) is 0 Å². The number of hydrogen-bond acceptors (Lipinski definition) is 8. The lowest BCUT2D eigenvalue weighted by Crippen LogP contribution is -2.13. The predicted molar refractivity (Wildman–Crippen MR) is 124 cm³/mol. The predicted octanol–water partition coefficient (Wildman–Crippen LogP) is 4.23. The second-order valence-electron chi connectivity index (χ2n) is 7.38. The molecule has 3 rings (SSSR count). The van der Waals surface area contributed by atoms with Gasteiger partial charge in [0.05, 0.1) is 45.8 Å². The zero-order valence-electron chi connectivity index (χ0n) is 18.5. The standard InChI is InChI=1S/C22H22N6O6/c1-15-11-21(28(32)33)24-26(15)10-6-9-22(29)23-18-12-19(27(30)31)14-20(13-18)34-25-16(2)17-7-4-3-5-8-17/h3-5,7-8,11-14H,6,9-10H2,1-2H3,(H,23,29)/b25-16+. The van der Waals surface area contributed by atoms with Crippen molar-refractivity contribution in [1.82, 2.24) is 9.78 Å². The van der Waals surface area contributed by atoms with Crippen LogP contribution < -0.4 is 10.2 Å². The van der Waals surface area contributed by atoms with E-state index in [1.807, 2.05) is 30.3 Å². The molecule has 0 unspecified atom stereocenters. The SMILES string of the molecule is C/C(=N\Oc1cc(NC(=O)CCCn2nc([N+](=O)[O-])cc2C)cc([N+](=O)[O-])c1)c1ccccc1. The highest BCUT2D eigenvalue weighted by Crippen LogP contribution is 2.26. The Labute approximate surface area is 194 Å². The molecule has 0 atom stereocenters. The molecule has 1 amide bonds. The lowest BCUT2D eigenvalue weighted by Gasteiger charge is -2.08. The number of amides is 1. The summed E-state index contributed by atoms with van der Waals surface area (Å²) in [5.41, 5.74) is 1.94. The molecule has 1 heterocycles. The summed E-state index contributed by atoms with van der Waals surface area (Å²) < 4.78 is 1.46. The summed E-state index contributed by atoms with van der Waals surface area (Å²) in [5, 5.41) is 32.6. The zero-order chi connectivity index (χ0) is 24.7. The second-order valence-corrected chi connectivity index (χ2v) is 7.38. The minimum absolute atomic E-state index is 0.0806. The number of non-ortho nitro benzene ring substituents is 1. The Kier molecular flexibility index (Phi) is 7.64. The molecule has 3 aromatic rings. The number of aromatic nitrogens is 2. The van der Waals surface area contributed by atoms with Gasteiger partial charge in [-0.2, -0.15) is 4.68 Å². The van der Waals surface area contributed by atoms with Crippen molar-refractivity contribution in [3.63, 3.8) is 0 Å². The Balaban J connectivity index is 1.64. The topological polar surface area (TPSA) is 155 Å². The number of nitrogens with zero attached hydrogens (tertiary/aromatic N) is 5. The highest BCUT2D eigenvalue weighted by molar-refractivity contribution is 5.98. The number of anilines is 1. The van der Waals surface area contributed by atoms with Crippen LogP contribution >= 0.6 is 0 Å². The number of aryl methyl sites for hydroxylation is 2. The average Bonchev–Trinajstić information content (AvgIpc) is 3.18. The highest BCUT2D eigenvalue weighted by Gasteiger charge is 2.16. The van der Waals surface area contributed by atoms with Gasteiger partial charge in [-0.25, -0.2) is 0 Å². The maximum absolute atomic E-state index is 12.4. The first-order valence-corrected chi connectivity index (χ1v) is 10.3. The van der Waals surface area contributed by atoms with Gasteiger partial charge in [0.15, 0.2) is 5.75 Å². The van der Waals surface area contributed by atoms with Crippen molar-refractivity contribution in [2.75, 3.05) is 5.32 Å². The van der Waals surface area contributed by atoms with Crippen molar-refractivity contribution in [3.05, 3.63) is 86.1 Å². The quantitative estimate of drug-likeness (QED) is 0.266. The van der Waals surface area contributed by atoms with Gasteiger partial charge in [-0.05, 0) is 30.8 Å². The Bertz CT molecular complexity index is 1240. The van der Waals surface area contributed by atoms with Gasteiger partial charge in [-0.1, -0.05) is 35.5 Å². The summed E-state index contributed by atoms with van der Waals surface area (Å²) >= 11 is 0. The minimum Gasteiger partial charge on any atom is -0.358 e. The van der Waals surface area contributed by atoms with E-state index < -0.39 is 9.85 Å². The van der Waals surface area contributed by atoms with Crippen molar-refractivity contribution in [2.24, 2.45) is 5.16 Å². The van der Waals surface area contributed by atoms with E-state index in [0.29, 0.717) is 24.4 Å². The Morgan fingerprint density at radius 1 is 1.12 bits per heavy atom. The van der Waals surface area contributed by atoms with Gasteiger partial charge in [0.2, 0.25) is 5.91 Å². The number of carbonyl (C=O) groups is 1. The lowest BCUT2D eigenvalue weighted by atomic mass is 10.1. The molecule has 0 aliphatic rings. The first-order valence-electron chi connectivity index (χ1n) is 10.3. The summed E-state index contributed by atoms with van der Waals surface area (Å²) in [6.07, 6.45) is 0.446. The monoisotopic (exact) mass is 466 g/mol. The smallest absolute Gasteiger partial charge is 0.358 e. The molecule has 0 aliphatic carbocycles. The fraction of sp³-hybridized carbons (Fsp3) is 0.227. The van der Waals surface area contributed by atoms with Crippen molar-refractivity contribution in [2.45, 2.75) is 33.2 Å². The van der Waals surface area contributed by atoms with Crippen LogP contribution in [-0.4, -0.2) is 31.2 Å². The van der Waals surface area contributed by atoms with Crippen LogP contribution in [0.2, 0.25) is 0 Å². The normalized spacial score (nSPS) is 11.2. The Hall–Kier alpha value is -4.61. The maximum Gasteiger partial charge on any atom is 0.390 e. The molecule has 34 heavy (non-hydrogen) atoms. The summed E-state index contributed by atoms with van der Waals surface area (Å²) in [4.78, 5) is 38.7. The molecule has 0 saturated heterocycles. The van der Waals surface area contributed by atoms with Gasteiger partial charge >= 0.3 is 5.82 Å². The van der Waals surface area contributed by atoms with E-state index in [0.717, 1.165) is 5.56 Å². The molecule has 0 bridgehead atoms. The van der Waals surface area contributed by atoms with Crippen molar-refractivity contribution < 1.29 is 19.5 Å². The van der Waals surface area contributed by atoms with Crippen molar-refractivity contribution >= 4 is 28.8 Å². The van der Waals surface area contributed by atoms with Crippen LogP contribution in [0.1, 0.15) is 31.0 Å². The van der Waals surface area contributed by atoms with Crippen LogP contribution in [0, 0.1) is 27.2 Å². The molecule has 0 aliphatic heterocycles. The molecule has 12 nitrogen and oxygen atoms in total. The van der Waals surface area contributed by atoms with Crippen LogP contribution in [-0.2, 0) is 11.3 Å². The van der Waals surface area contributed by atoms with Gasteiger partial charge < -0.3 is 20.3 Å². The number of oxime groups is 1. The minimum atomic E-state index is -0.594. The van der Waals surface area contributed by atoms with Crippen molar-refractivity contribution in [1.29, 1.82) is 0 Å². The molecule has 2 aromatic carbocycles. The van der Waals surface area contributed by atoms with E-state index in [1.54, 1.807) is 13.8 Å². The van der Waals surface area contributed by atoms with E-state index in [2.05, 4.69) is 15.6 Å². The van der Waals surface area contributed by atoms with Crippen LogP contribution in [0.25, 0.3) is 0 Å². The third-order valence-electron chi connectivity index (χ3n) is 4.79. The molecule has 176 valence electrons. The number of rotatable bonds is 10. The Morgan fingerprint density at radius 2 is 1.85 bits per heavy atom. The van der Waals surface area contributed by atoms with Gasteiger partial charge in [0, 0.05) is 18.6 Å². The van der Waals surface area contributed by atoms with E-state index in [4.69, 9.17) is 4.84 Å². The third-order valence-corrected chi connectivity index (χ3v) is 4.79. The molecular weight excluding hydrogens is 444 g/mol. The molecule has 0 spiro atoms. The van der Waals surface area contributed by atoms with E-state index >= 15 is 0 Å². The van der Waals surface area contributed by atoms with Crippen LogP contribution in [0.15, 0.2) is 59.8 Å². The highest BCUT2D eigenvalue weighted by atomic mass is 16.6. The van der Waals surface area contributed by atoms with E-state index in [9.17, 15) is 25.0 Å². The van der Waals surface area contributed by atoms with Crippen molar-refractivity contribution in [3.8, 4) is 5.75 Å². The molecule has 1 aromatic heterocycles. The zero-order valence-corrected chi connectivity index (χ0v) is 18.5. The van der Waals surface area contributed by atoms with E-state index in [1.165, 1.54) is 28.9 Å². The number of nitrogens with one attached hydrogen (secondary N) is 1. The average molecular weight is 466 g/mol. The maximum atomic E-state index is 12.4. The molecule has 12 heteroatoms. The second kappa shape index (κ2) is 10.8. The summed E-state index contributed by atoms with van der Waals surface area (Å²) in [6, 6.07) is 14.5. The molecule has 0 saturated carbocycles. The largest absolute Gasteiger partial charge is 0.390 e. The number of nitro groups is 2. The van der Waals surface area contributed by atoms with Gasteiger partial charge in [0.25, 0.3) is 5.69 Å². The summed E-state index contributed by atoms with van der Waals surface area (Å²) in [6.45, 7) is 3.74. The Morgan fingerprint density at radius 3 is 2.50 bits per heavy atom. The molecular formula is C22H22N6O6. The van der Waals surface area contributed by atoms with Gasteiger partial charge in [-0.15, -0.1) is 0 Å². The first kappa shape index (κ1) is 24.0. The van der Waals surface area contributed by atoms with E-state index in [-0.39, 0.29) is 35.3 Å².